The molecule has 2 rings (SSSR count). The summed E-state index contributed by atoms with van der Waals surface area (Å²) in [6.07, 6.45) is 3.50. The van der Waals surface area contributed by atoms with E-state index in [9.17, 15) is 0 Å². The van der Waals surface area contributed by atoms with Crippen LogP contribution in [0.3, 0.4) is 0 Å². The first-order valence-corrected chi connectivity index (χ1v) is 6.75. The minimum atomic E-state index is 0.0492. The van der Waals surface area contributed by atoms with E-state index in [0.29, 0.717) is 5.92 Å². The summed E-state index contributed by atoms with van der Waals surface area (Å²) in [6, 6.07) is 5.94. The lowest BCUT2D eigenvalue weighted by molar-refractivity contribution is 0.102. The number of hydrogen-bond acceptors (Lipinski definition) is 3. The maximum absolute atomic E-state index is 6.26. The van der Waals surface area contributed by atoms with Crippen molar-refractivity contribution < 1.29 is 9.47 Å². The number of fused-ring (bicyclic) bond motifs is 1. The van der Waals surface area contributed by atoms with E-state index in [1.165, 1.54) is 12.8 Å². The molecule has 1 aromatic carbocycles. The van der Waals surface area contributed by atoms with Gasteiger partial charge in [0.2, 0.25) is 0 Å². The van der Waals surface area contributed by atoms with Crippen LogP contribution < -0.4 is 15.2 Å². The zero-order valence-electron chi connectivity index (χ0n) is 11.5. The smallest absolute Gasteiger partial charge is 0.124 e. The van der Waals surface area contributed by atoms with E-state index in [2.05, 4.69) is 13.8 Å². The molecule has 0 radical (unpaired) electrons. The summed E-state index contributed by atoms with van der Waals surface area (Å²) in [6.45, 7) is 4.45. The van der Waals surface area contributed by atoms with Gasteiger partial charge in [-0.3, -0.25) is 0 Å². The van der Waals surface area contributed by atoms with Gasteiger partial charge in [0.25, 0.3) is 0 Å². The standard InChI is InChI=1S/C15H23NO2/c1-4-5-10(2)15-9-13(16)12-8-11(17-3)6-7-14(12)18-15/h6-8,10,13,15H,4-5,9,16H2,1-3H3/t10?,13-,15?/m1/s1. The van der Waals surface area contributed by atoms with Gasteiger partial charge in [-0.05, 0) is 30.5 Å². The van der Waals surface area contributed by atoms with Gasteiger partial charge in [-0.1, -0.05) is 20.3 Å². The summed E-state index contributed by atoms with van der Waals surface area (Å²) < 4.78 is 11.3. The van der Waals surface area contributed by atoms with Crippen molar-refractivity contribution in [3.63, 3.8) is 0 Å². The van der Waals surface area contributed by atoms with Crippen molar-refractivity contribution in [2.45, 2.75) is 45.3 Å². The van der Waals surface area contributed by atoms with Crippen molar-refractivity contribution in [1.29, 1.82) is 0 Å². The third-order valence-electron chi connectivity index (χ3n) is 3.76. The average molecular weight is 249 g/mol. The second-order valence-corrected chi connectivity index (χ2v) is 5.17. The van der Waals surface area contributed by atoms with E-state index in [1.807, 2.05) is 18.2 Å². The molecule has 0 aromatic heterocycles. The van der Waals surface area contributed by atoms with E-state index in [4.69, 9.17) is 15.2 Å². The fourth-order valence-corrected chi connectivity index (χ4v) is 2.63. The number of rotatable bonds is 4. The SMILES string of the molecule is CCCC(C)C1C[C@@H](N)c2cc(OC)ccc2O1. The number of benzene rings is 1. The van der Waals surface area contributed by atoms with E-state index in [0.717, 1.165) is 23.5 Å². The van der Waals surface area contributed by atoms with E-state index >= 15 is 0 Å². The van der Waals surface area contributed by atoms with Gasteiger partial charge in [-0.2, -0.15) is 0 Å². The van der Waals surface area contributed by atoms with Crippen molar-refractivity contribution in [1.82, 2.24) is 0 Å². The molecule has 0 aliphatic carbocycles. The van der Waals surface area contributed by atoms with Crippen LogP contribution in [0.1, 0.15) is 44.7 Å². The normalized spacial score (nSPS) is 24.0. The third kappa shape index (κ3) is 2.61. The number of ether oxygens (including phenoxy) is 2. The van der Waals surface area contributed by atoms with Crippen LogP contribution in [0.2, 0.25) is 0 Å². The molecule has 100 valence electrons. The highest BCUT2D eigenvalue weighted by Crippen LogP contribution is 2.38. The van der Waals surface area contributed by atoms with Gasteiger partial charge in [-0.15, -0.1) is 0 Å². The highest BCUT2D eigenvalue weighted by atomic mass is 16.5. The lowest BCUT2D eigenvalue weighted by Gasteiger charge is -2.34. The van der Waals surface area contributed by atoms with E-state index in [1.54, 1.807) is 7.11 Å². The molecule has 2 N–H and O–H groups in total. The Morgan fingerprint density at radius 3 is 2.94 bits per heavy atom. The Bertz CT molecular complexity index is 405. The number of hydrogen-bond donors (Lipinski definition) is 1. The molecular weight excluding hydrogens is 226 g/mol. The topological polar surface area (TPSA) is 44.5 Å². The second-order valence-electron chi connectivity index (χ2n) is 5.17. The predicted octanol–water partition coefficient (Wildman–Crippen LogP) is 3.28. The van der Waals surface area contributed by atoms with Gasteiger partial charge >= 0.3 is 0 Å². The summed E-state index contributed by atoms with van der Waals surface area (Å²) in [5.41, 5.74) is 7.32. The van der Waals surface area contributed by atoms with Crippen molar-refractivity contribution in [3.8, 4) is 11.5 Å². The van der Waals surface area contributed by atoms with Crippen LogP contribution in [-0.4, -0.2) is 13.2 Å². The van der Waals surface area contributed by atoms with Crippen molar-refractivity contribution in [2.75, 3.05) is 7.11 Å². The summed E-state index contributed by atoms with van der Waals surface area (Å²) in [4.78, 5) is 0. The molecule has 0 bridgehead atoms. The van der Waals surface area contributed by atoms with E-state index < -0.39 is 0 Å². The summed E-state index contributed by atoms with van der Waals surface area (Å²) in [5, 5.41) is 0. The summed E-state index contributed by atoms with van der Waals surface area (Å²) in [7, 11) is 1.67. The van der Waals surface area contributed by atoms with Crippen molar-refractivity contribution in [3.05, 3.63) is 23.8 Å². The van der Waals surface area contributed by atoms with Gasteiger partial charge in [0.1, 0.15) is 17.6 Å². The van der Waals surface area contributed by atoms with Crippen LogP contribution in [0, 0.1) is 5.92 Å². The predicted molar refractivity (Wildman–Crippen MR) is 73.0 cm³/mol. The first kappa shape index (κ1) is 13.2. The first-order valence-electron chi connectivity index (χ1n) is 6.75. The maximum atomic E-state index is 6.26. The molecule has 1 aliphatic rings. The largest absolute Gasteiger partial charge is 0.497 e. The molecule has 3 nitrogen and oxygen atoms in total. The molecule has 3 heteroatoms. The van der Waals surface area contributed by atoms with Crippen LogP contribution in [-0.2, 0) is 0 Å². The number of methoxy groups -OCH3 is 1. The minimum Gasteiger partial charge on any atom is -0.497 e. The molecular formula is C15H23NO2. The Morgan fingerprint density at radius 1 is 1.50 bits per heavy atom. The Balaban J connectivity index is 2.18. The van der Waals surface area contributed by atoms with E-state index in [-0.39, 0.29) is 12.1 Å². The van der Waals surface area contributed by atoms with Crippen LogP contribution in [0.25, 0.3) is 0 Å². The van der Waals surface area contributed by atoms with Crippen LogP contribution in [0.5, 0.6) is 11.5 Å². The zero-order valence-corrected chi connectivity index (χ0v) is 11.5. The molecule has 2 unspecified atom stereocenters. The first-order chi connectivity index (χ1) is 8.65. The molecule has 0 saturated carbocycles. The Labute approximate surface area is 109 Å². The van der Waals surface area contributed by atoms with Crippen molar-refractivity contribution >= 4 is 0 Å². The molecule has 0 fully saturated rings. The molecule has 18 heavy (non-hydrogen) atoms. The monoisotopic (exact) mass is 249 g/mol. The second kappa shape index (κ2) is 5.61. The van der Waals surface area contributed by atoms with Crippen LogP contribution in [0.15, 0.2) is 18.2 Å². The molecule has 1 aromatic rings. The highest BCUT2D eigenvalue weighted by Gasteiger charge is 2.29. The quantitative estimate of drug-likeness (QED) is 0.890. The summed E-state index contributed by atoms with van der Waals surface area (Å²) >= 11 is 0. The van der Waals surface area contributed by atoms with Crippen molar-refractivity contribution in [2.24, 2.45) is 11.7 Å². The molecule has 0 saturated heterocycles. The molecule has 0 spiro atoms. The number of nitrogens with two attached hydrogens (primary N) is 1. The zero-order chi connectivity index (χ0) is 13.1. The maximum Gasteiger partial charge on any atom is 0.124 e. The van der Waals surface area contributed by atoms with Gasteiger partial charge in [0, 0.05) is 18.0 Å². The highest BCUT2D eigenvalue weighted by molar-refractivity contribution is 5.43. The van der Waals surface area contributed by atoms with Gasteiger partial charge < -0.3 is 15.2 Å². The fourth-order valence-electron chi connectivity index (χ4n) is 2.63. The minimum absolute atomic E-state index is 0.0492. The molecule has 3 atom stereocenters. The van der Waals surface area contributed by atoms with Crippen LogP contribution in [0.4, 0.5) is 0 Å². The van der Waals surface area contributed by atoms with Gasteiger partial charge in [-0.25, -0.2) is 0 Å². The van der Waals surface area contributed by atoms with Crippen LogP contribution >= 0.6 is 0 Å². The Hall–Kier alpha value is -1.22. The third-order valence-corrected chi connectivity index (χ3v) is 3.76. The lowest BCUT2D eigenvalue weighted by atomic mass is 9.89. The molecule has 1 heterocycles. The van der Waals surface area contributed by atoms with Gasteiger partial charge in [0.05, 0.1) is 7.11 Å². The molecule has 0 amide bonds. The van der Waals surface area contributed by atoms with Gasteiger partial charge in [0.15, 0.2) is 0 Å². The molecule has 1 aliphatic heterocycles. The Kier molecular flexibility index (Phi) is 4.12. The average Bonchev–Trinajstić information content (AvgIpc) is 2.38. The lowest BCUT2D eigenvalue weighted by Crippen LogP contribution is -2.34. The Morgan fingerprint density at radius 2 is 2.28 bits per heavy atom. The summed E-state index contributed by atoms with van der Waals surface area (Å²) in [5.74, 6) is 2.31. The fraction of sp³-hybridized carbons (Fsp3) is 0.600.